The Morgan fingerprint density at radius 3 is 1.63 bits per heavy atom. The van der Waals surface area contributed by atoms with Crippen LogP contribution in [0.15, 0.2) is 146 Å². The molecule has 43 heavy (non-hydrogen) atoms. The van der Waals surface area contributed by atoms with Crippen molar-refractivity contribution >= 4 is 10.8 Å². The van der Waals surface area contributed by atoms with Crippen LogP contribution < -0.4 is 0 Å². The van der Waals surface area contributed by atoms with E-state index in [0.717, 1.165) is 33.9 Å². The van der Waals surface area contributed by atoms with E-state index in [2.05, 4.69) is 153 Å². The first-order valence-electron chi connectivity index (χ1n) is 14.8. The predicted molar refractivity (Wildman–Crippen MR) is 179 cm³/mol. The average Bonchev–Trinajstić information content (AvgIpc) is 3.29. The maximum Gasteiger partial charge on any atom is 0.160 e. The van der Waals surface area contributed by atoms with Crippen LogP contribution in [-0.2, 0) is 5.41 Å². The van der Waals surface area contributed by atoms with Crippen LogP contribution in [0.25, 0.3) is 66.8 Å². The molecule has 0 atom stereocenters. The molecule has 0 saturated carbocycles. The molecule has 1 heterocycles. The zero-order chi connectivity index (χ0) is 29.0. The van der Waals surface area contributed by atoms with Crippen LogP contribution in [0.5, 0.6) is 0 Å². The van der Waals surface area contributed by atoms with E-state index in [4.69, 9.17) is 9.97 Å². The number of nitrogens with zero attached hydrogens (tertiary/aromatic N) is 2. The number of rotatable bonds is 4. The summed E-state index contributed by atoms with van der Waals surface area (Å²) in [6, 6.07) is 51.8. The smallest absolute Gasteiger partial charge is 0.160 e. The number of fused-ring (bicyclic) bond motifs is 4. The molecule has 1 aliphatic carbocycles. The van der Waals surface area contributed by atoms with Gasteiger partial charge in [0.15, 0.2) is 5.82 Å². The van der Waals surface area contributed by atoms with Crippen molar-refractivity contribution in [1.82, 2.24) is 9.97 Å². The first-order valence-corrected chi connectivity index (χ1v) is 14.8. The second-order valence-corrected chi connectivity index (χ2v) is 11.9. The lowest BCUT2D eigenvalue weighted by molar-refractivity contribution is 0.637. The largest absolute Gasteiger partial charge is 0.231 e. The quantitative estimate of drug-likeness (QED) is 0.218. The second-order valence-electron chi connectivity index (χ2n) is 11.9. The summed E-state index contributed by atoms with van der Waals surface area (Å²) in [6.07, 6.45) is 0. The summed E-state index contributed by atoms with van der Waals surface area (Å²) < 4.78 is 0. The molecule has 6 aromatic carbocycles. The van der Waals surface area contributed by atoms with Gasteiger partial charge in [-0.15, -0.1) is 0 Å². The number of aromatic nitrogens is 2. The SMILES string of the molecule is CC1(C)c2cc3ccccc3cc2-c2c(-c3cccc(-c4cccc(-c5ccccc5)c4)c3)nc(-c3ccccc3)nc21. The Labute approximate surface area is 252 Å². The molecule has 0 amide bonds. The van der Waals surface area contributed by atoms with Crippen molar-refractivity contribution in [2.45, 2.75) is 19.3 Å². The Balaban J connectivity index is 1.35. The molecule has 7 aromatic rings. The van der Waals surface area contributed by atoms with E-state index in [1.807, 2.05) is 6.07 Å². The fourth-order valence-corrected chi connectivity index (χ4v) is 6.54. The lowest BCUT2D eigenvalue weighted by atomic mass is 9.84. The predicted octanol–water partition coefficient (Wildman–Crippen LogP) is 10.6. The third kappa shape index (κ3) is 4.26. The van der Waals surface area contributed by atoms with Gasteiger partial charge in [-0.2, -0.15) is 0 Å². The Morgan fingerprint density at radius 2 is 0.953 bits per heavy atom. The molecule has 0 fully saturated rings. The van der Waals surface area contributed by atoms with Crippen LogP contribution in [0.3, 0.4) is 0 Å². The van der Waals surface area contributed by atoms with Crippen molar-refractivity contribution in [2.75, 3.05) is 0 Å². The van der Waals surface area contributed by atoms with Gasteiger partial charge < -0.3 is 0 Å². The molecule has 0 aliphatic heterocycles. The van der Waals surface area contributed by atoms with Gasteiger partial charge >= 0.3 is 0 Å². The number of hydrogen-bond acceptors (Lipinski definition) is 2. The lowest BCUT2D eigenvalue weighted by Crippen LogP contribution is -2.17. The van der Waals surface area contributed by atoms with Crippen molar-refractivity contribution in [1.29, 1.82) is 0 Å². The molecular formula is C41H30N2. The van der Waals surface area contributed by atoms with Crippen molar-refractivity contribution in [2.24, 2.45) is 0 Å². The minimum atomic E-state index is -0.266. The van der Waals surface area contributed by atoms with Crippen LogP contribution in [-0.4, -0.2) is 9.97 Å². The zero-order valence-electron chi connectivity index (χ0n) is 24.3. The summed E-state index contributed by atoms with van der Waals surface area (Å²) in [6.45, 7) is 4.59. The Morgan fingerprint density at radius 1 is 0.442 bits per heavy atom. The molecule has 0 N–H and O–H groups in total. The van der Waals surface area contributed by atoms with Crippen LogP contribution in [0.4, 0.5) is 0 Å². The number of hydrogen-bond donors (Lipinski definition) is 0. The van der Waals surface area contributed by atoms with Gasteiger partial charge in [-0.05, 0) is 68.4 Å². The minimum Gasteiger partial charge on any atom is -0.231 e. The molecule has 8 rings (SSSR count). The van der Waals surface area contributed by atoms with Gasteiger partial charge in [0.05, 0.1) is 11.4 Å². The molecule has 2 nitrogen and oxygen atoms in total. The van der Waals surface area contributed by atoms with Gasteiger partial charge in [0.25, 0.3) is 0 Å². The van der Waals surface area contributed by atoms with Gasteiger partial charge in [-0.25, -0.2) is 9.97 Å². The number of benzene rings is 6. The highest BCUT2D eigenvalue weighted by Crippen LogP contribution is 2.52. The van der Waals surface area contributed by atoms with Crippen LogP contribution in [0.2, 0.25) is 0 Å². The van der Waals surface area contributed by atoms with E-state index in [1.165, 1.54) is 44.2 Å². The standard InChI is InChI=1S/C41H30N2/c1-41(2)36-26-33-18-10-9-17-32(33)25-35(36)37-38(42-40(43-39(37)41)28-15-7-4-8-16-28)34-22-12-21-31(24-34)30-20-11-19-29(23-30)27-13-5-3-6-14-27/h3-26H,1-2H3. The van der Waals surface area contributed by atoms with Gasteiger partial charge in [0.1, 0.15) is 0 Å². The molecule has 0 radical (unpaired) electrons. The fourth-order valence-electron chi connectivity index (χ4n) is 6.54. The first kappa shape index (κ1) is 25.4. The molecule has 0 unspecified atom stereocenters. The molecule has 1 aromatic heterocycles. The average molecular weight is 551 g/mol. The Hall–Kier alpha value is -5.34. The van der Waals surface area contributed by atoms with E-state index in [9.17, 15) is 0 Å². The molecule has 2 heteroatoms. The summed E-state index contributed by atoms with van der Waals surface area (Å²) in [5, 5.41) is 2.48. The zero-order valence-corrected chi connectivity index (χ0v) is 24.3. The van der Waals surface area contributed by atoms with Crippen LogP contribution >= 0.6 is 0 Å². The van der Waals surface area contributed by atoms with Crippen molar-refractivity contribution in [3.63, 3.8) is 0 Å². The van der Waals surface area contributed by atoms with E-state index < -0.39 is 0 Å². The third-order valence-electron chi connectivity index (χ3n) is 8.80. The van der Waals surface area contributed by atoms with E-state index >= 15 is 0 Å². The maximum atomic E-state index is 5.32. The molecular weight excluding hydrogens is 520 g/mol. The second kappa shape index (κ2) is 9.89. The van der Waals surface area contributed by atoms with Crippen molar-refractivity contribution in [3.05, 3.63) is 157 Å². The lowest BCUT2D eigenvalue weighted by Gasteiger charge is -2.21. The highest BCUT2D eigenvalue weighted by molar-refractivity contribution is 5.97. The van der Waals surface area contributed by atoms with E-state index in [1.54, 1.807) is 0 Å². The van der Waals surface area contributed by atoms with Gasteiger partial charge in [0, 0.05) is 22.1 Å². The topological polar surface area (TPSA) is 25.8 Å². The summed E-state index contributed by atoms with van der Waals surface area (Å²) >= 11 is 0. The third-order valence-corrected chi connectivity index (χ3v) is 8.80. The summed E-state index contributed by atoms with van der Waals surface area (Å²) in [7, 11) is 0. The fraction of sp³-hybridized carbons (Fsp3) is 0.0732. The summed E-state index contributed by atoms with van der Waals surface area (Å²) in [5.74, 6) is 0.760. The molecule has 204 valence electrons. The maximum absolute atomic E-state index is 5.32. The molecule has 0 spiro atoms. The minimum absolute atomic E-state index is 0.266. The molecule has 1 aliphatic rings. The van der Waals surface area contributed by atoms with E-state index in [0.29, 0.717) is 0 Å². The molecule has 0 bridgehead atoms. The summed E-state index contributed by atoms with van der Waals surface area (Å²) in [4.78, 5) is 10.6. The Kier molecular flexibility index (Phi) is 5.84. The highest BCUT2D eigenvalue weighted by atomic mass is 14.9. The van der Waals surface area contributed by atoms with Gasteiger partial charge in [-0.3, -0.25) is 0 Å². The Bertz CT molecular complexity index is 2140. The monoisotopic (exact) mass is 550 g/mol. The van der Waals surface area contributed by atoms with Crippen molar-refractivity contribution in [3.8, 4) is 56.0 Å². The van der Waals surface area contributed by atoms with Crippen LogP contribution in [0.1, 0.15) is 25.1 Å². The summed E-state index contributed by atoms with van der Waals surface area (Å²) in [5.41, 5.74) is 12.4. The van der Waals surface area contributed by atoms with E-state index in [-0.39, 0.29) is 5.41 Å². The highest BCUT2D eigenvalue weighted by Gasteiger charge is 2.40. The first-order chi connectivity index (χ1) is 21.1. The van der Waals surface area contributed by atoms with Crippen molar-refractivity contribution < 1.29 is 0 Å². The van der Waals surface area contributed by atoms with Gasteiger partial charge in [0.2, 0.25) is 0 Å². The van der Waals surface area contributed by atoms with Crippen LogP contribution in [0, 0.1) is 0 Å². The van der Waals surface area contributed by atoms with Gasteiger partial charge in [-0.1, -0.05) is 135 Å². The molecule has 0 saturated heterocycles. The normalized spacial score (nSPS) is 13.1.